The number of ether oxygens (including phenoxy) is 3. The average Bonchev–Trinajstić information content (AvgIpc) is 2.63. The van der Waals surface area contributed by atoms with Crippen molar-refractivity contribution in [2.24, 2.45) is 0 Å². The molecule has 1 heterocycles. The van der Waals surface area contributed by atoms with Crippen molar-refractivity contribution in [3.8, 4) is 22.8 Å². The minimum absolute atomic E-state index is 0.244. The van der Waals surface area contributed by atoms with Crippen LogP contribution in [0, 0.1) is 0 Å². The number of aromatic nitrogens is 2. The first-order chi connectivity index (χ1) is 12.0. The van der Waals surface area contributed by atoms with Crippen LogP contribution in [0.1, 0.15) is 26.3 Å². The molecule has 0 aliphatic heterocycles. The fourth-order valence-electron chi connectivity index (χ4n) is 2.48. The molecule has 25 heavy (non-hydrogen) atoms. The van der Waals surface area contributed by atoms with Crippen molar-refractivity contribution in [3.05, 3.63) is 40.7 Å². The van der Waals surface area contributed by atoms with Crippen molar-refractivity contribution >= 4 is 5.97 Å². The van der Waals surface area contributed by atoms with Gasteiger partial charge in [0.05, 0.1) is 26.5 Å². The van der Waals surface area contributed by atoms with Crippen LogP contribution in [0.3, 0.4) is 0 Å². The minimum atomic E-state index is -0.774. The predicted octanol–water partition coefficient (Wildman–Crippen LogP) is 2.44. The summed E-state index contributed by atoms with van der Waals surface area (Å²) in [5, 5.41) is 4.37. The van der Waals surface area contributed by atoms with E-state index in [2.05, 4.69) is 5.10 Å². The van der Waals surface area contributed by atoms with E-state index in [1.54, 1.807) is 52.3 Å². The van der Waals surface area contributed by atoms with Crippen LogP contribution in [-0.2, 0) is 9.53 Å². The molecular formula is C18H22N2O5. The number of methoxy groups -OCH3 is 2. The van der Waals surface area contributed by atoms with Gasteiger partial charge in [-0.3, -0.25) is 4.79 Å². The Kier molecular flexibility index (Phi) is 6.16. The number of hydrogen-bond donors (Lipinski definition) is 0. The molecular weight excluding hydrogens is 324 g/mol. The summed E-state index contributed by atoms with van der Waals surface area (Å²) in [4.78, 5) is 24.4. The Morgan fingerprint density at radius 1 is 1.16 bits per heavy atom. The van der Waals surface area contributed by atoms with Crippen LogP contribution in [-0.4, -0.2) is 36.6 Å². The number of nitrogens with zero attached hydrogens (tertiary/aromatic N) is 2. The second kappa shape index (κ2) is 8.32. The molecule has 0 fully saturated rings. The van der Waals surface area contributed by atoms with E-state index in [0.29, 0.717) is 29.2 Å². The van der Waals surface area contributed by atoms with Crippen LogP contribution in [0.4, 0.5) is 0 Å². The molecule has 2 aromatic rings. The molecule has 0 saturated carbocycles. The van der Waals surface area contributed by atoms with Crippen molar-refractivity contribution in [2.75, 3.05) is 20.8 Å². The van der Waals surface area contributed by atoms with E-state index < -0.39 is 12.0 Å². The topological polar surface area (TPSA) is 79.7 Å². The molecule has 2 rings (SSSR count). The summed E-state index contributed by atoms with van der Waals surface area (Å²) in [6.45, 7) is 3.76. The lowest BCUT2D eigenvalue weighted by atomic mass is 10.1. The molecule has 1 aromatic heterocycles. The lowest BCUT2D eigenvalue weighted by Crippen LogP contribution is -2.32. The van der Waals surface area contributed by atoms with Crippen LogP contribution in [0.25, 0.3) is 11.3 Å². The smallest absolute Gasteiger partial charge is 0.331 e. The van der Waals surface area contributed by atoms with E-state index in [1.165, 1.54) is 6.07 Å². The lowest BCUT2D eigenvalue weighted by Gasteiger charge is -2.17. The Morgan fingerprint density at radius 3 is 2.52 bits per heavy atom. The van der Waals surface area contributed by atoms with E-state index >= 15 is 0 Å². The Morgan fingerprint density at radius 2 is 1.92 bits per heavy atom. The maximum absolute atomic E-state index is 12.2. The van der Waals surface area contributed by atoms with Crippen molar-refractivity contribution < 1.29 is 19.0 Å². The molecule has 1 atom stereocenters. The van der Waals surface area contributed by atoms with Gasteiger partial charge in [-0.25, -0.2) is 9.48 Å². The van der Waals surface area contributed by atoms with Crippen LogP contribution in [0.5, 0.6) is 11.5 Å². The zero-order chi connectivity index (χ0) is 18.4. The summed E-state index contributed by atoms with van der Waals surface area (Å²) in [6.07, 6.45) is 0.393. The van der Waals surface area contributed by atoms with Crippen molar-refractivity contribution in [1.82, 2.24) is 9.78 Å². The average molecular weight is 346 g/mol. The van der Waals surface area contributed by atoms with Crippen molar-refractivity contribution in [1.29, 1.82) is 0 Å². The third kappa shape index (κ3) is 3.99. The number of carbonyl (C=O) groups is 1. The van der Waals surface area contributed by atoms with E-state index in [4.69, 9.17) is 14.2 Å². The van der Waals surface area contributed by atoms with E-state index in [9.17, 15) is 9.59 Å². The predicted molar refractivity (Wildman–Crippen MR) is 93.0 cm³/mol. The molecule has 0 radical (unpaired) electrons. The molecule has 0 saturated heterocycles. The van der Waals surface area contributed by atoms with Gasteiger partial charge in [-0.1, -0.05) is 6.92 Å². The summed E-state index contributed by atoms with van der Waals surface area (Å²) in [5.41, 5.74) is 0.790. The Labute approximate surface area is 146 Å². The summed E-state index contributed by atoms with van der Waals surface area (Å²) >= 11 is 0. The summed E-state index contributed by atoms with van der Waals surface area (Å²) < 4.78 is 16.8. The van der Waals surface area contributed by atoms with Crippen LogP contribution in [0.15, 0.2) is 35.1 Å². The van der Waals surface area contributed by atoms with Gasteiger partial charge in [0.2, 0.25) is 0 Å². The molecule has 0 unspecified atom stereocenters. The normalized spacial score (nSPS) is 11.7. The summed E-state index contributed by atoms with van der Waals surface area (Å²) in [7, 11) is 3.11. The fourth-order valence-corrected chi connectivity index (χ4v) is 2.48. The van der Waals surface area contributed by atoms with Gasteiger partial charge in [0.15, 0.2) is 6.04 Å². The molecule has 0 N–H and O–H groups in total. The second-order valence-corrected chi connectivity index (χ2v) is 5.24. The highest BCUT2D eigenvalue weighted by molar-refractivity contribution is 5.74. The van der Waals surface area contributed by atoms with Gasteiger partial charge in [-0.2, -0.15) is 5.10 Å². The maximum atomic E-state index is 12.2. The van der Waals surface area contributed by atoms with Gasteiger partial charge in [0, 0.05) is 11.6 Å². The van der Waals surface area contributed by atoms with Gasteiger partial charge < -0.3 is 14.2 Å². The van der Waals surface area contributed by atoms with E-state index in [1.807, 2.05) is 0 Å². The second-order valence-electron chi connectivity index (χ2n) is 5.24. The monoisotopic (exact) mass is 346 g/mol. The SMILES string of the molecule is CCOC(=O)[C@H](CC)n1nc(-c2cc(OC)ccc2OC)ccc1=O. The van der Waals surface area contributed by atoms with Gasteiger partial charge in [-0.05, 0) is 37.6 Å². The third-order valence-corrected chi connectivity index (χ3v) is 3.75. The first kappa shape index (κ1) is 18.5. The molecule has 0 aliphatic carbocycles. The number of hydrogen-bond acceptors (Lipinski definition) is 6. The van der Waals surface area contributed by atoms with Crippen molar-refractivity contribution in [3.63, 3.8) is 0 Å². The first-order valence-electron chi connectivity index (χ1n) is 8.04. The molecule has 0 spiro atoms. The van der Waals surface area contributed by atoms with Crippen molar-refractivity contribution in [2.45, 2.75) is 26.3 Å². The standard InChI is InChI=1S/C18H22N2O5/c1-5-15(18(22)25-6-2)20-17(21)10-8-14(19-20)13-11-12(23-3)7-9-16(13)24-4/h7-11,15H,5-6H2,1-4H3/t15-/m0/s1. The summed E-state index contributed by atoms with van der Waals surface area (Å²) in [6, 6.07) is 7.49. The maximum Gasteiger partial charge on any atom is 0.331 e. The van der Waals surface area contributed by atoms with Crippen LogP contribution >= 0.6 is 0 Å². The quantitative estimate of drug-likeness (QED) is 0.717. The molecule has 134 valence electrons. The van der Waals surface area contributed by atoms with E-state index in [-0.39, 0.29) is 12.2 Å². The fraction of sp³-hybridized carbons (Fsp3) is 0.389. The number of carbonyl (C=O) groups excluding carboxylic acids is 1. The molecule has 0 amide bonds. The first-order valence-corrected chi connectivity index (χ1v) is 8.04. The molecule has 1 aromatic carbocycles. The molecule has 7 nitrogen and oxygen atoms in total. The highest BCUT2D eigenvalue weighted by Crippen LogP contribution is 2.32. The Hall–Kier alpha value is -2.83. The largest absolute Gasteiger partial charge is 0.497 e. The Balaban J connectivity index is 2.55. The lowest BCUT2D eigenvalue weighted by molar-refractivity contribution is -0.147. The molecule has 0 bridgehead atoms. The van der Waals surface area contributed by atoms with Gasteiger partial charge in [0.25, 0.3) is 5.56 Å². The van der Waals surface area contributed by atoms with E-state index in [0.717, 1.165) is 4.68 Å². The number of esters is 1. The van der Waals surface area contributed by atoms with Gasteiger partial charge in [0.1, 0.15) is 11.5 Å². The van der Waals surface area contributed by atoms with Gasteiger partial charge in [-0.15, -0.1) is 0 Å². The number of rotatable bonds is 7. The highest BCUT2D eigenvalue weighted by Gasteiger charge is 2.23. The number of benzene rings is 1. The summed E-state index contributed by atoms with van der Waals surface area (Å²) in [5.74, 6) is 0.741. The minimum Gasteiger partial charge on any atom is -0.497 e. The third-order valence-electron chi connectivity index (χ3n) is 3.75. The zero-order valence-corrected chi connectivity index (χ0v) is 14.8. The molecule has 0 aliphatic rings. The Bertz CT molecular complexity index is 800. The highest BCUT2D eigenvalue weighted by atomic mass is 16.5. The van der Waals surface area contributed by atoms with Gasteiger partial charge >= 0.3 is 5.97 Å². The molecule has 7 heteroatoms. The zero-order valence-electron chi connectivity index (χ0n) is 14.8. The van der Waals surface area contributed by atoms with Crippen LogP contribution < -0.4 is 15.0 Å². The van der Waals surface area contributed by atoms with Crippen LogP contribution in [0.2, 0.25) is 0 Å².